The molecule has 2 N–H and O–H groups in total. The molecule has 1 aliphatic rings. The summed E-state index contributed by atoms with van der Waals surface area (Å²) < 4.78 is 31.1. The lowest BCUT2D eigenvalue weighted by molar-refractivity contribution is 0.392. The van der Waals surface area contributed by atoms with Gasteiger partial charge >= 0.3 is 0 Å². The number of hydrogen-bond donors (Lipinski definition) is 2. The third kappa shape index (κ3) is 4.44. The maximum atomic E-state index is 11.8. The van der Waals surface area contributed by atoms with E-state index >= 15 is 0 Å². The Morgan fingerprint density at radius 2 is 2.33 bits per heavy atom. The van der Waals surface area contributed by atoms with Gasteiger partial charge in [0.15, 0.2) is 0 Å². The van der Waals surface area contributed by atoms with E-state index in [0.717, 1.165) is 18.5 Å². The van der Waals surface area contributed by atoms with Crippen molar-refractivity contribution in [3.05, 3.63) is 24.2 Å². The van der Waals surface area contributed by atoms with Crippen molar-refractivity contribution in [2.24, 2.45) is 0 Å². The molecule has 0 aromatic carbocycles. The van der Waals surface area contributed by atoms with Crippen molar-refractivity contribution in [1.82, 2.24) is 10.0 Å². The highest BCUT2D eigenvalue weighted by Crippen LogP contribution is 2.11. The van der Waals surface area contributed by atoms with Gasteiger partial charge in [0.2, 0.25) is 10.0 Å². The van der Waals surface area contributed by atoms with Crippen LogP contribution < -0.4 is 10.0 Å². The first-order valence-corrected chi connectivity index (χ1v) is 8.03. The molecular weight excluding hydrogens is 252 g/mol. The van der Waals surface area contributed by atoms with E-state index in [1.165, 1.54) is 19.1 Å². The molecule has 5 nitrogen and oxygen atoms in total. The SMILES string of the molecule is O=S(=O)(CCC1CCCCN1)NCc1ccoc1. The van der Waals surface area contributed by atoms with Gasteiger partial charge in [-0.05, 0) is 31.9 Å². The molecule has 1 aliphatic heterocycles. The van der Waals surface area contributed by atoms with Crippen LogP contribution in [0.25, 0.3) is 0 Å². The molecule has 0 saturated carbocycles. The quantitative estimate of drug-likeness (QED) is 0.817. The van der Waals surface area contributed by atoms with Crippen LogP contribution in [0.3, 0.4) is 0 Å². The predicted octanol–water partition coefficient (Wildman–Crippen LogP) is 1.23. The molecular formula is C12H20N2O3S. The first-order valence-electron chi connectivity index (χ1n) is 6.37. The van der Waals surface area contributed by atoms with Gasteiger partial charge < -0.3 is 9.73 Å². The van der Waals surface area contributed by atoms with Gasteiger partial charge in [-0.3, -0.25) is 0 Å². The van der Waals surface area contributed by atoms with E-state index < -0.39 is 10.0 Å². The minimum Gasteiger partial charge on any atom is -0.472 e. The van der Waals surface area contributed by atoms with E-state index in [9.17, 15) is 8.42 Å². The highest BCUT2D eigenvalue weighted by atomic mass is 32.2. The molecule has 0 bridgehead atoms. The number of sulfonamides is 1. The van der Waals surface area contributed by atoms with E-state index in [0.29, 0.717) is 19.0 Å². The Morgan fingerprint density at radius 3 is 3.00 bits per heavy atom. The largest absolute Gasteiger partial charge is 0.472 e. The van der Waals surface area contributed by atoms with Crippen LogP contribution >= 0.6 is 0 Å². The molecule has 18 heavy (non-hydrogen) atoms. The van der Waals surface area contributed by atoms with Crippen molar-refractivity contribution < 1.29 is 12.8 Å². The third-order valence-electron chi connectivity index (χ3n) is 3.22. The number of nitrogens with one attached hydrogen (secondary N) is 2. The Bertz CT molecular complexity index is 436. The molecule has 1 aromatic rings. The van der Waals surface area contributed by atoms with Crippen LogP contribution in [0.5, 0.6) is 0 Å². The molecule has 2 heterocycles. The average molecular weight is 272 g/mol. The van der Waals surface area contributed by atoms with Gasteiger partial charge in [0.1, 0.15) is 0 Å². The topological polar surface area (TPSA) is 71.3 Å². The molecule has 1 fully saturated rings. The van der Waals surface area contributed by atoms with E-state index in [2.05, 4.69) is 10.0 Å². The van der Waals surface area contributed by atoms with Crippen molar-refractivity contribution in [2.75, 3.05) is 12.3 Å². The Morgan fingerprint density at radius 1 is 1.44 bits per heavy atom. The monoisotopic (exact) mass is 272 g/mol. The van der Waals surface area contributed by atoms with Gasteiger partial charge in [0, 0.05) is 18.2 Å². The maximum Gasteiger partial charge on any atom is 0.211 e. The second-order valence-electron chi connectivity index (χ2n) is 4.71. The fourth-order valence-corrected chi connectivity index (χ4v) is 3.25. The first kappa shape index (κ1) is 13.6. The lowest BCUT2D eigenvalue weighted by Crippen LogP contribution is -2.37. The first-order chi connectivity index (χ1) is 8.66. The van der Waals surface area contributed by atoms with E-state index in [1.807, 2.05) is 0 Å². The van der Waals surface area contributed by atoms with Crippen LogP contribution in [0.2, 0.25) is 0 Å². The molecule has 1 unspecified atom stereocenters. The molecule has 2 rings (SSSR count). The highest BCUT2D eigenvalue weighted by Gasteiger charge is 2.17. The molecule has 0 aliphatic carbocycles. The van der Waals surface area contributed by atoms with Gasteiger partial charge in [-0.15, -0.1) is 0 Å². The van der Waals surface area contributed by atoms with Crippen LogP contribution in [0.4, 0.5) is 0 Å². The second-order valence-corrected chi connectivity index (χ2v) is 6.63. The number of rotatable bonds is 6. The summed E-state index contributed by atoms with van der Waals surface area (Å²) >= 11 is 0. The standard InChI is InChI=1S/C12H20N2O3S/c15-18(16,14-9-11-4-7-17-10-11)8-5-12-3-1-2-6-13-12/h4,7,10,12-14H,1-3,5-6,8-9H2. The summed E-state index contributed by atoms with van der Waals surface area (Å²) in [6, 6.07) is 2.11. The average Bonchev–Trinajstić information content (AvgIpc) is 2.89. The normalized spacial score (nSPS) is 21.0. The molecule has 1 saturated heterocycles. The van der Waals surface area contributed by atoms with E-state index in [4.69, 9.17) is 4.42 Å². The van der Waals surface area contributed by atoms with Gasteiger partial charge in [-0.2, -0.15) is 0 Å². The van der Waals surface area contributed by atoms with Crippen molar-refractivity contribution in [3.8, 4) is 0 Å². The number of furan rings is 1. The zero-order chi connectivity index (χ0) is 12.8. The summed E-state index contributed by atoms with van der Waals surface area (Å²) in [5, 5.41) is 3.35. The molecule has 0 amide bonds. The van der Waals surface area contributed by atoms with Crippen LogP contribution in [0.1, 0.15) is 31.2 Å². The summed E-state index contributed by atoms with van der Waals surface area (Å²) in [5.74, 6) is 0.183. The zero-order valence-electron chi connectivity index (χ0n) is 10.4. The summed E-state index contributed by atoms with van der Waals surface area (Å²) in [7, 11) is -3.19. The summed E-state index contributed by atoms with van der Waals surface area (Å²) in [4.78, 5) is 0. The molecule has 0 radical (unpaired) electrons. The minimum absolute atomic E-state index is 0.183. The lowest BCUT2D eigenvalue weighted by Gasteiger charge is -2.23. The second kappa shape index (κ2) is 6.36. The Balaban J connectivity index is 1.73. The van der Waals surface area contributed by atoms with Gasteiger partial charge in [0.05, 0.1) is 18.3 Å². The van der Waals surface area contributed by atoms with Crippen LogP contribution in [-0.2, 0) is 16.6 Å². The Kier molecular flexibility index (Phi) is 4.79. The van der Waals surface area contributed by atoms with Crippen LogP contribution in [0.15, 0.2) is 23.0 Å². The van der Waals surface area contributed by atoms with Crippen molar-refractivity contribution in [2.45, 2.75) is 38.3 Å². The fraction of sp³-hybridized carbons (Fsp3) is 0.667. The van der Waals surface area contributed by atoms with Crippen LogP contribution in [0, 0.1) is 0 Å². The molecule has 0 spiro atoms. The number of hydrogen-bond acceptors (Lipinski definition) is 4. The van der Waals surface area contributed by atoms with Crippen molar-refractivity contribution >= 4 is 10.0 Å². The van der Waals surface area contributed by atoms with E-state index in [1.54, 1.807) is 12.3 Å². The summed E-state index contributed by atoms with van der Waals surface area (Å²) in [5.41, 5.74) is 0.842. The molecule has 102 valence electrons. The summed E-state index contributed by atoms with van der Waals surface area (Å²) in [6.07, 6.45) is 7.24. The smallest absolute Gasteiger partial charge is 0.211 e. The molecule has 1 aromatic heterocycles. The Labute approximate surface area is 108 Å². The predicted molar refractivity (Wildman–Crippen MR) is 69.6 cm³/mol. The molecule has 6 heteroatoms. The fourth-order valence-electron chi connectivity index (χ4n) is 2.13. The van der Waals surface area contributed by atoms with Crippen LogP contribution in [-0.4, -0.2) is 26.8 Å². The van der Waals surface area contributed by atoms with Gasteiger partial charge in [-0.1, -0.05) is 6.42 Å². The third-order valence-corrected chi connectivity index (χ3v) is 4.58. The van der Waals surface area contributed by atoms with Crippen molar-refractivity contribution in [3.63, 3.8) is 0 Å². The maximum absolute atomic E-state index is 11.8. The van der Waals surface area contributed by atoms with E-state index in [-0.39, 0.29) is 5.75 Å². The van der Waals surface area contributed by atoms with Gasteiger partial charge in [-0.25, -0.2) is 13.1 Å². The van der Waals surface area contributed by atoms with Gasteiger partial charge in [0.25, 0.3) is 0 Å². The number of piperidine rings is 1. The molecule has 1 atom stereocenters. The summed E-state index contributed by atoms with van der Waals surface area (Å²) in [6.45, 7) is 1.31. The lowest BCUT2D eigenvalue weighted by atomic mass is 10.0. The highest BCUT2D eigenvalue weighted by molar-refractivity contribution is 7.89. The Hall–Kier alpha value is -0.850. The zero-order valence-corrected chi connectivity index (χ0v) is 11.2. The van der Waals surface area contributed by atoms with Crippen molar-refractivity contribution in [1.29, 1.82) is 0 Å². The minimum atomic E-state index is -3.19.